The van der Waals surface area contributed by atoms with Crippen molar-refractivity contribution in [3.8, 4) is 0 Å². The van der Waals surface area contributed by atoms with E-state index in [0.717, 1.165) is 5.92 Å². The minimum absolute atomic E-state index is 0.328. The van der Waals surface area contributed by atoms with E-state index in [1.807, 2.05) is 0 Å². The molecule has 18 heavy (non-hydrogen) atoms. The van der Waals surface area contributed by atoms with E-state index in [2.05, 4.69) is 41.5 Å². The van der Waals surface area contributed by atoms with Gasteiger partial charge in [0.25, 0.3) is 0 Å². The molecule has 1 aromatic rings. The summed E-state index contributed by atoms with van der Waals surface area (Å²) in [6.45, 7) is 0. The van der Waals surface area contributed by atoms with Crippen molar-refractivity contribution >= 4 is 11.8 Å². The largest absolute Gasteiger partial charge is 0.271 e. The van der Waals surface area contributed by atoms with Crippen LogP contribution < -0.4 is 11.3 Å². The molecule has 1 aliphatic carbocycles. The predicted molar refractivity (Wildman–Crippen MR) is 78.6 cm³/mol. The Balaban J connectivity index is 1.88. The van der Waals surface area contributed by atoms with Gasteiger partial charge in [-0.25, -0.2) is 0 Å². The van der Waals surface area contributed by atoms with E-state index in [1.165, 1.54) is 43.4 Å². The Morgan fingerprint density at radius 1 is 1.17 bits per heavy atom. The van der Waals surface area contributed by atoms with Crippen molar-refractivity contribution in [3.05, 3.63) is 35.4 Å². The fourth-order valence-corrected chi connectivity index (χ4v) is 4.54. The van der Waals surface area contributed by atoms with Crippen LogP contribution in [0.4, 0.5) is 0 Å². The minimum Gasteiger partial charge on any atom is -0.271 e. The van der Waals surface area contributed by atoms with E-state index in [-0.39, 0.29) is 0 Å². The molecule has 2 unspecified atom stereocenters. The van der Waals surface area contributed by atoms with E-state index < -0.39 is 0 Å². The number of nitrogens with one attached hydrogen (secondary N) is 1. The lowest BCUT2D eigenvalue weighted by Gasteiger charge is -2.32. The van der Waals surface area contributed by atoms with E-state index in [0.29, 0.717) is 11.3 Å². The van der Waals surface area contributed by atoms with Crippen molar-refractivity contribution in [1.82, 2.24) is 5.43 Å². The molecular weight excluding hydrogens is 240 g/mol. The third-order valence-electron chi connectivity index (χ3n) is 4.39. The Morgan fingerprint density at radius 2 is 2.00 bits per heavy atom. The Bertz CT molecular complexity index is 397. The van der Waals surface area contributed by atoms with E-state index in [1.54, 1.807) is 5.56 Å². The molecule has 3 rings (SSSR count). The van der Waals surface area contributed by atoms with Crippen LogP contribution in [0.3, 0.4) is 0 Å². The maximum absolute atomic E-state index is 5.85. The van der Waals surface area contributed by atoms with Gasteiger partial charge in [-0.3, -0.25) is 11.3 Å². The van der Waals surface area contributed by atoms with E-state index in [4.69, 9.17) is 5.84 Å². The maximum Gasteiger partial charge on any atom is 0.0581 e. The predicted octanol–water partition coefficient (Wildman–Crippen LogP) is 3.35. The summed E-state index contributed by atoms with van der Waals surface area (Å²) in [4.78, 5) is 0. The lowest BCUT2D eigenvalue weighted by atomic mass is 9.77. The first-order valence-electron chi connectivity index (χ1n) is 7.06. The monoisotopic (exact) mass is 262 g/mol. The van der Waals surface area contributed by atoms with E-state index in [9.17, 15) is 0 Å². The summed E-state index contributed by atoms with van der Waals surface area (Å²) in [6.07, 6.45) is 6.72. The van der Waals surface area contributed by atoms with Gasteiger partial charge in [-0.05, 0) is 48.5 Å². The van der Waals surface area contributed by atoms with Gasteiger partial charge >= 0.3 is 0 Å². The van der Waals surface area contributed by atoms with Crippen LogP contribution in [0, 0.1) is 0 Å². The second-order valence-electron chi connectivity index (χ2n) is 5.45. The number of hydrazine groups is 1. The molecule has 98 valence electrons. The second kappa shape index (κ2) is 5.64. The summed E-state index contributed by atoms with van der Waals surface area (Å²) in [5, 5.41) is 0.649. The van der Waals surface area contributed by atoms with Crippen LogP contribution in [0.1, 0.15) is 55.2 Å². The topological polar surface area (TPSA) is 38.0 Å². The quantitative estimate of drug-likeness (QED) is 0.645. The number of hydrogen-bond donors (Lipinski definition) is 2. The van der Waals surface area contributed by atoms with Gasteiger partial charge < -0.3 is 0 Å². The molecule has 1 saturated heterocycles. The smallest absolute Gasteiger partial charge is 0.0581 e. The average Bonchev–Trinajstić information content (AvgIpc) is 2.84. The number of thioether (sulfide) groups is 1. The Kier molecular flexibility index (Phi) is 3.92. The first-order chi connectivity index (χ1) is 8.90. The Labute approximate surface area is 114 Å². The summed E-state index contributed by atoms with van der Waals surface area (Å²) in [5.74, 6) is 7.92. The molecule has 2 aliphatic rings. The molecule has 0 amide bonds. The van der Waals surface area contributed by atoms with Crippen molar-refractivity contribution in [2.75, 3.05) is 5.75 Å². The minimum atomic E-state index is 0.328. The van der Waals surface area contributed by atoms with Gasteiger partial charge in [-0.15, -0.1) is 0 Å². The second-order valence-corrected chi connectivity index (χ2v) is 6.80. The number of rotatable bonds is 4. The molecule has 1 aliphatic heterocycles. The van der Waals surface area contributed by atoms with Crippen molar-refractivity contribution in [1.29, 1.82) is 0 Å². The van der Waals surface area contributed by atoms with Crippen LogP contribution >= 0.6 is 11.8 Å². The molecule has 0 radical (unpaired) electrons. The Hall–Kier alpha value is -0.510. The summed E-state index contributed by atoms with van der Waals surface area (Å²) < 4.78 is 0. The highest BCUT2D eigenvalue weighted by Crippen LogP contribution is 2.42. The summed E-state index contributed by atoms with van der Waals surface area (Å²) >= 11 is 2.07. The first-order valence-corrected chi connectivity index (χ1v) is 8.11. The van der Waals surface area contributed by atoms with Gasteiger partial charge in [0.15, 0.2) is 0 Å². The summed E-state index contributed by atoms with van der Waals surface area (Å²) in [6, 6.07) is 9.24. The van der Waals surface area contributed by atoms with Crippen LogP contribution in [-0.2, 0) is 0 Å². The molecule has 2 fully saturated rings. The maximum atomic E-state index is 5.85. The van der Waals surface area contributed by atoms with Gasteiger partial charge in [0, 0.05) is 5.25 Å². The molecule has 0 bridgehead atoms. The summed E-state index contributed by atoms with van der Waals surface area (Å²) in [5.41, 5.74) is 6.07. The normalized spacial score (nSPS) is 25.9. The number of benzene rings is 1. The summed E-state index contributed by atoms with van der Waals surface area (Å²) in [7, 11) is 0. The van der Waals surface area contributed by atoms with Crippen LogP contribution in [-0.4, -0.2) is 11.0 Å². The van der Waals surface area contributed by atoms with Crippen molar-refractivity contribution in [3.63, 3.8) is 0 Å². The highest BCUT2D eigenvalue weighted by Gasteiger charge is 2.30. The fraction of sp³-hybridized carbons (Fsp3) is 0.600. The molecule has 2 nitrogen and oxygen atoms in total. The van der Waals surface area contributed by atoms with Gasteiger partial charge in [-0.1, -0.05) is 30.7 Å². The SMILES string of the molecule is NNC(c1ccccc1C1CCC1)C1CCCS1. The van der Waals surface area contributed by atoms with Crippen LogP contribution in [0.5, 0.6) is 0 Å². The number of nitrogens with two attached hydrogens (primary N) is 1. The van der Waals surface area contributed by atoms with Crippen LogP contribution in [0.25, 0.3) is 0 Å². The lowest BCUT2D eigenvalue weighted by Crippen LogP contribution is -2.35. The van der Waals surface area contributed by atoms with Gasteiger partial charge in [0.1, 0.15) is 0 Å². The molecule has 2 atom stereocenters. The molecule has 1 saturated carbocycles. The zero-order valence-electron chi connectivity index (χ0n) is 10.8. The lowest BCUT2D eigenvalue weighted by molar-refractivity contribution is 0.410. The third kappa shape index (κ3) is 2.31. The number of hydrogen-bond acceptors (Lipinski definition) is 3. The van der Waals surface area contributed by atoms with Crippen LogP contribution in [0.15, 0.2) is 24.3 Å². The van der Waals surface area contributed by atoms with E-state index >= 15 is 0 Å². The van der Waals surface area contributed by atoms with Crippen molar-refractivity contribution < 1.29 is 0 Å². The molecule has 1 aromatic carbocycles. The molecule has 3 N–H and O–H groups in total. The van der Waals surface area contributed by atoms with Crippen molar-refractivity contribution in [2.45, 2.75) is 49.3 Å². The molecule has 1 heterocycles. The average molecular weight is 262 g/mol. The van der Waals surface area contributed by atoms with Crippen molar-refractivity contribution in [2.24, 2.45) is 5.84 Å². The standard InChI is InChI=1S/C15H22N2S/c16-17-15(14-9-4-10-18-14)13-8-2-1-7-12(13)11-5-3-6-11/h1-2,7-8,11,14-15,17H,3-6,9-10,16H2. The highest BCUT2D eigenvalue weighted by molar-refractivity contribution is 8.00. The zero-order chi connectivity index (χ0) is 12.4. The van der Waals surface area contributed by atoms with Crippen LogP contribution in [0.2, 0.25) is 0 Å². The molecule has 0 spiro atoms. The molecule has 3 heteroatoms. The highest BCUT2D eigenvalue weighted by atomic mass is 32.2. The zero-order valence-corrected chi connectivity index (χ0v) is 11.6. The Morgan fingerprint density at radius 3 is 2.61 bits per heavy atom. The fourth-order valence-electron chi connectivity index (χ4n) is 3.15. The van der Waals surface area contributed by atoms with Gasteiger partial charge in [0.2, 0.25) is 0 Å². The molecular formula is C15H22N2S. The van der Waals surface area contributed by atoms with Gasteiger partial charge in [-0.2, -0.15) is 11.8 Å². The molecule has 0 aromatic heterocycles. The first kappa shape index (κ1) is 12.5. The third-order valence-corrected chi connectivity index (χ3v) is 5.85. The van der Waals surface area contributed by atoms with Gasteiger partial charge in [0.05, 0.1) is 6.04 Å².